The summed E-state index contributed by atoms with van der Waals surface area (Å²) >= 11 is 1.63. The molecule has 2 aromatic heterocycles. The van der Waals surface area contributed by atoms with Crippen LogP contribution in [0.3, 0.4) is 0 Å². The Kier molecular flexibility index (Phi) is 5.95. The highest BCUT2D eigenvalue weighted by atomic mass is 32.1. The lowest BCUT2D eigenvalue weighted by molar-refractivity contribution is -0.127. The number of hydrogen-bond donors (Lipinski definition) is 1. The van der Waals surface area contributed by atoms with Gasteiger partial charge in [-0.25, -0.2) is 0 Å². The van der Waals surface area contributed by atoms with Crippen molar-refractivity contribution < 1.29 is 4.79 Å². The molecule has 29 heavy (non-hydrogen) atoms. The van der Waals surface area contributed by atoms with Crippen molar-refractivity contribution in [1.29, 1.82) is 0 Å². The van der Waals surface area contributed by atoms with E-state index in [1.807, 2.05) is 0 Å². The van der Waals surface area contributed by atoms with Crippen LogP contribution in [0.5, 0.6) is 0 Å². The van der Waals surface area contributed by atoms with Gasteiger partial charge in [0, 0.05) is 36.4 Å². The van der Waals surface area contributed by atoms with E-state index in [0.29, 0.717) is 17.9 Å². The Balaban J connectivity index is 1.33. The lowest BCUT2D eigenvalue weighted by atomic mass is 9.78. The molecule has 1 saturated heterocycles. The molecule has 0 unspecified atom stereocenters. The second kappa shape index (κ2) is 8.46. The number of rotatable bonds is 4. The summed E-state index contributed by atoms with van der Waals surface area (Å²) in [5.41, 5.74) is 2.35. The van der Waals surface area contributed by atoms with Crippen LogP contribution < -0.4 is 10.2 Å². The minimum atomic E-state index is 0.122. The maximum Gasteiger partial charge on any atom is 0.223 e. The van der Waals surface area contributed by atoms with Gasteiger partial charge in [0.05, 0.1) is 0 Å². The molecule has 1 aliphatic carbocycles. The van der Waals surface area contributed by atoms with E-state index in [9.17, 15) is 4.79 Å². The van der Waals surface area contributed by atoms with E-state index in [4.69, 9.17) is 0 Å². The van der Waals surface area contributed by atoms with Gasteiger partial charge in [-0.15, -0.1) is 10.2 Å². The summed E-state index contributed by atoms with van der Waals surface area (Å²) in [7, 11) is 0. The molecule has 0 bridgehead atoms. The highest BCUT2D eigenvalue weighted by Crippen LogP contribution is 2.31. The Morgan fingerprint density at radius 1 is 1.03 bits per heavy atom. The number of nitrogens with zero attached hydrogens (tertiary/aromatic N) is 4. The van der Waals surface area contributed by atoms with Crippen LogP contribution in [-0.4, -0.2) is 39.8 Å². The number of piperidine rings is 1. The van der Waals surface area contributed by atoms with Crippen molar-refractivity contribution in [1.82, 2.24) is 20.1 Å². The van der Waals surface area contributed by atoms with Gasteiger partial charge >= 0.3 is 0 Å². The first-order valence-corrected chi connectivity index (χ1v) is 11.8. The van der Waals surface area contributed by atoms with Gasteiger partial charge in [0.2, 0.25) is 16.2 Å². The van der Waals surface area contributed by atoms with Gasteiger partial charge in [-0.05, 0) is 57.1 Å². The zero-order chi connectivity index (χ0) is 20.5. The summed E-state index contributed by atoms with van der Waals surface area (Å²) in [5.74, 6) is 1.66. The Morgan fingerprint density at radius 3 is 2.38 bits per heavy atom. The molecule has 6 nitrogen and oxygen atoms in total. The molecule has 1 N–H and O–H groups in total. The quantitative estimate of drug-likeness (QED) is 0.816. The highest BCUT2D eigenvalue weighted by molar-refractivity contribution is 7.17. The third-order valence-electron chi connectivity index (χ3n) is 7.04. The molecule has 1 amide bonds. The average Bonchev–Trinajstić information content (AvgIpc) is 3.32. The lowest BCUT2D eigenvalue weighted by Crippen LogP contribution is -2.48. The molecule has 3 atom stereocenters. The van der Waals surface area contributed by atoms with Crippen LogP contribution in [0.2, 0.25) is 0 Å². The van der Waals surface area contributed by atoms with Crippen LogP contribution in [0.1, 0.15) is 57.3 Å². The number of anilines is 1. The van der Waals surface area contributed by atoms with Crippen LogP contribution in [-0.2, 0) is 4.79 Å². The molecule has 1 saturated carbocycles. The average molecular weight is 416 g/mol. The fraction of sp³-hybridized carbons (Fsp3) is 0.682. The van der Waals surface area contributed by atoms with Crippen molar-refractivity contribution in [2.45, 2.75) is 65.8 Å². The topological polar surface area (TPSA) is 63.1 Å². The first-order chi connectivity index (χ1) is 13.9. The number of hydrogen-bond acceptors (Lipinski definition) is 5. The van der Waals surface area contributed by atoms with Gasteiger partial charge in [-0.2, -0.15) is 0 Å². The Morgan fingerprint density at radius 2 is 1.69 bits per heavy atom. The Bertz CT molecular complexity index is 832. The number of aromatic nitrogens is 3. The van der Waals surface area contributed by atoms with Crippen LogP contribution >= 0.6 is 11.3 Å². The summed E-state index contributed by atoms with van der Waals surface area (Å²) in [6.45, 7) is 10.5. The SMILES string of the molecule is Cc1ccc(C)n1-c1nnc(N2CCC(C(=O)N[C@@H]3CCC[C@H](C)[C@H]3C)CC2)s1. The Labute approximate surface area is 177 Å². The van der Waals surface area contributed by atoms with E-state index in [2.05, 4.69) is 64.8 Å². The van der Waals surface area contributed by atoms with E-state index < -0.39 is 0 Å². The second-order valence-electron chi connectivity index (χ2n) is 8.96. The minimum Gasteiger partial charge on any atom is -0.353 e. The van der Waals surface area contributed by atoms with Crippen LogP contribution in [0.15, 0.2) is 12.1 Å². The normalized spacial score (nSPS) is 25.9. The standard InChI is InChI=1S/C22H33N5OS/c1-14-6-5-7-19(17(14)4)23-20(28)18-10-12-26(13-11-18)21-24-25-22(29-21)27-15(2)8-9-16(27)3/h8-9,14,17-19H,5-7,10-13H2,1-4H3,(H,23,28)/t14-,17+,19+/m0/s1. The predicted octanol–water partition coefficient (Wildman–Crippen LogP) is 4.10. The van der Waals surface area contributed by atoms with Crippen molar-refractivity contribution in [3.63, 3.8) is 0 Å². The highest BCUT2D eigenvalue weighted by Gasteiger charge is 2.32. The number of carbonyl (C=O) groups excluding carboxylic acids is 1. The minimum absolute atomic E-state index is 0.122. The van der Waals surface area contributed by atoms with E-state index in [0.717, 1.165) is 42.6 Å². The van der Waals surface area contributed by atoms with Crippen molar-refractivity contribution in [2.75, 3.05) is 18.0 Å². The molecule has 158 valence electrons. The molecule has 3 heterocycles. The molecule has 0 spiro atoms. The maximum atomic E-state index is 12.8. The second-order valence-corrected chi connectivity index (χ2v) is 9.90. The van der Waals surface area contributed by atoms with Crippen LogP contribution in [0.4, 0.5) is 5.13 Å². The number of amides is 1. The zero-order valence-corrected chi connectivity index (χ0v) is 18.8. The predicted molar refractivity (Wildman–Crippen MR) is 118 cm³/mol. The number of carbonyl (C=O) groups is 1. The summed E-state index contributed by atoms with van der Waals surface area (Å²) in [6, 6.07) is 4.56. The van der Waals surface area contributed by atoms with Crippen molar-refractivity contribution in [3.05, 3.63) is 23.5 Å². The van der Waals surface area contributed by atoms with Gasteiger partial charge in [0.25, 0.3) is 0 Å². The number of aryl methyl sites for hydroxylation is 2. The molecular weight excluding hydrogens is 382 g/mol. The summed E-state index contributed by atoms with van der Waals surface area (Å²) in [5, 5.41) is 14.1. The molecule has 2 aliphatic rings. The van der Waals surface area contributed by atoms with Gasteiger partial charge in [0.15, 0.2) is 0 Å². The third kappa shape index (κ3) is 4.20. The molecule has 1 aliphatic heterocycles. The van der Waals surface area contributed by atoms with Gasteiger partial charge < -0.3 is 10.2 Å². The first kappa shape index (κ1) is 20.4. The molecule has 0 radical (unpaired) electrons. The van der Waals surface area contributed by atoms with E-state index >= 15 is 0 Å². The zero-order valence-electron chi connectivity index (χ0n) is 18.0. The van der Waals surface area contributed by atoms with E-state index in [1.54, 1.807) is 11.3 Å². The first-order valence-electron chi connectivity index (χ1n) is 11.0. The van der Waals surface area contributed by atoms with Crippen molar-refractivity contribution >= 4 is 22.4 Å². The van der Waals surface area contributed by atoms with Gasteiger partial charge in [0.1, 0.15) is 0 Å². The van der Waals surface area contributed by atoms with E-state index in [1.165, 1.54) is 24.2 Å². The molecule has 7 heteroatoms. The molecule has 4 rings (SSSR count). The molecule has 2 aromatic rings. The fourth-order valence-electron chi connectivity index (χ4n) is 4.82. The van der Waals surface area contributed by atoms with Gasteiger partial charge in [-0.1, -0.05) is 38.0 Å². The van der Waals surface area contributed by atoms with Crippen LogP contribution in [0, 0.1) is 31.6 Å². The lowest BCUT2D eigenvalue weighted by Gasteiger charge is -2.36. The van der Waals surface area contributed by atoms with Crippen molar-refractivity contribution in [2.24, 2.45) is 17.8 Å². The van der Waals surface area contributed by atoms with Gasteiger partial charge in [-0.3, -0.25) is 9.36 Å². The largest absolute Gasteiger partial charge is 0.353 e. The molecular formula is C22H33N5OS. The number of nitrogens with one attached hydrogen (secondary N) is 1. The maximum absolute atomic E-state index is 12.8. The monoisotopic (exact) mass is 415 g/mol. The van der Waals surface area contributed by atoms with Crippen molar-refractivity contribution in [3.8, 4) is 5.13 Å². The third-order valence-corrected chi connectivity index (χ3v) is 8.01. The smallest absolute Gasteiger partial charge is 0.223 e. The van der Waals surface area contributed by atoms with E-state index in [-0.39, 0.29) is 11.8 Å². The fourth-order valence-corrected chi connectivity index (χ4v) is 5.83. The molecule has 2 fully saturated rings. The summed E-state index contributed by atoms with van der Waals surface area (Å²) in [4.78, 5) is 15.1. The van der Waals surface area contributed by atoms with Crippen LogP contribution in [0.25, 0.3) is 5.13 Å². The summed E-state index contributed by atoms with van der Waals surface area (Å²) in [6.07, 6.45) is 5.42. The summed E-state index contributed by atoms with van der Waals surface area (Å²) < 4.78 is 2.15. The Hall–Kier alpha value is -1.89. The molecule has 0 aromatic carbocycles.